The van der Waals surface area contributed by atoms with Gasteiger partial charge in [0.05, 0.1) is 5.71 Å². The maximum absolute atomic E-state index is 13.3. The number of hydrogen-bond acceptors (Lipinski definition) is 2. The first kappa shape index (κ1) is 12.5. The van der Waals surface area contributed by atoms with Crippen LogP contribution in [0.3, 0.4) is 0 Å². The molecule has 0 atom stereocenters. The van der Waals surface area contributed by atoms with Crippen LogP contribution >= 0.6 is 12.2 Å². The number of benzene rings is 1. The lowest BCUT2D eigenvalue weighted by atomic mass is 10.1. The Balaban J connectivity index is 2.87. The predicted molar refractivity (Wildman–Crippen MR) is 63.4 cm³/mol. The molecule has 0 aliphatic heterocycles. The first-order valence-corrected chi connectivity index (χ1v) is 4.93. The van der Waals surface area contributed by atoms with E-state index in [1.807, 2.05) is 0 Å². The number of thiocarbonyl (C=S) groups is 1. The summed E-state index contributed by atoms with van der Waals surface area (Å²) in [5.74, 6) is -1.27. The third-order valence-electron chi connectivity index (χ3n) is 1.87. The Bertz CT molecular complexity index is 432. The first-order chi connectivity index (χ1) is 7.54. The third-order valence-corrected chi connectivity index (χ3v) is 2.17. The van der Waals surface area contributed by atoms with Gasteiger partial charge in [0.1, 0.15) is 11.6 Å². The fraction of sp³-hybridized carbons (Fsp3) is 0.200. The zero-order chi connectivity index (χ0) is 12.1. The standard InChI is InChI=1S/C10H11F2N3S/c1-6(14-15-10(16)13-2)8-4-3-7(11)5-9(8)12/h3-5H,1-2H3,(H2,13,15,16)/b14-6-. The number of halogens is 2. The number of nitrogens with zero attached hydrogens (tertiary/aromatic N) is 1. The van der Waals surface area contributed by atoms with Crippen LogP contribution in [-0.4, -0.2) is 17.9 Å². The summed E-state index contributed by atoms with van der Waals surface area (Å²) in [6.07, 6.45) is 0. The van der Waals surface area contributed by atoms with Crippen molar-refractivity contribution in [1.29, 1.82) is 0 Å². The molecule has 0 spiro atoms. The van der Waals surface area contributed by atoms with Gasteiger partial charge in [0, 0.05) is 18.7 Å². The molecular formula is C10H11F2N3S. The molecule has 6 heteroatoms. The summed E-state index contributed by atoms with van der Waals surface area (Å²) in [7, 11) is 1.64. The van der Waals surface area contributed by atoms with E-state index in [1.165, 1.54) is 12.1 Å². The van der Waals surface area contributed by atoms with Gasteiger partial charge in [0.15, 0.2) is 5.11 Å². The third kappa shape index (κ3) is 3.23. The van der Waals surface area contributed by atoms with E-state index in [0.29, 0.717) is 10.8 Å². The van der Waals surface area contributed by atoms with Crippen LogP contribution in [0.15, 0.2) is 23.3 Å². The van der Waals surface area contributed by atoms with Gasteiger partial charge in [-0.1, -0.05) is 0 Å². The van der Waals surface area contributed by atoms with Crippen LogP contribution in [-0.2, 0) is 0 Å². The Morgan fingerprint density at radius 2 is 2.06 bits per heavy atom. The normalized spacial score (nSPS) is 11.1. The van der Waals surface area contributed by atoms with Crippen LogP contribution < -0.4 is 10.7 Å². The number of nitrogens with one attached hydrogen (secondary N) is 2. The van der Waals surface area contributed by atoms with Crippen molar-refractivity contribution in [2.24, 2.45) is 5.10 Å². The van der Waals surface area contributed by atoms with Crippen molar-refractivity contribution in [3.63, 3.8) is 0 Å². The molecule has 0 saturated carbocycles. The van der Waals surface area contributed by atoms with Crippen LogP contribution in [0.1, 0.15) is 12.5 Å². The number of hydrogen-bond donors (Lipinski definition) is 2. The van der Waals surface area contributed by atoms with E-state index in [-0.39, 0.29) is 5.56 Å². The Morgan fingerprint density at radius 1 is 1.38 bits per heavy atom. The molecule has 0 amide bonds. The minimum Gasteiger partial charge on any atom is -0.364 e. The first-order valence-electron chi connectivity index (χ1n) is 4.52. The van der Waals surface area contributed by atoms with Crippen molar-refractivity contribution in [2.45, 2.75) is 6.92 Å². The van der Waals surface area contributed by atoms with Gasteiger partial charge in [-0.05, 0) is 31.3 Å². The van der Waals surface area contributed by atoms with Crippen molar-refractivity contribution in [3.8, 4) is 0 Å². The van der Waals surface area contributed by atoms with Crippen LogP contribution in [0, 0.1) is 11.6 Å². The molecule has 1 rings (SSSR count). The molecule has 0 fully saturated rings. The van der Waals surface area contributed by atoms with E-state index >= 15 is 0 Å². The molecule has 0 aliphatic carbocycles. The quantitative estimate of drug-likeness (QED) is 0.472. The predicted octanol–water partition coefficient (Wildman–Crippen LogP) is 1.78. The minimum atomic E-state index is -0.654. The van der Waals surface area contributed by atoms with E-state index in [4.69, 9.17) is 12.2 Å². The van der Waals surface area contributed by atoms with Crippen LogP contribution in [0.5, 0.6) is 0 Å². The van der Waals surface area contributed by atoms with Crippen LogP contribution in [0.2, 0.25) is 0 Å². The molecule has 16 heavy (non-hydrogen) atoms. The average molecular weight is 243 g/mol. The molecule has 1 aromatic rings. The van der Waals surface area contributed by atoms with E-state index in [2.05, 4.69) is 15.8 Å². The molecule has 3 nitrogen and oxygen atoms in total. The summed E-state index contributed by atoms with van der Waals surface area (Å²) in [5, 5.41) is 6.83. The molecule has 0 bridgehead atoms. The second-order valence-electron chi connectivity index (χ2n) is 3.01. The second-order valence-corrected chi connectivity index (χ2v) is 3.42. The van der Waals surface area contributed by atoms with Gasteiger partial charge in [0.25, 0.3) is 0 Å². The topological polar surface area (TPSA) is 36.4 Å². The summed E-state index contributed by atoms with van der Waals surface area (Å²) in [6.45, 7) is 1.60. The van der Waals surface area contributed by atoms with E-state index < -0.39 is 11.6 Å². The highest BCUT2D eigenvalue weighted by Gasteiger charge is 2.06. The lowest BCUT2D eigenvalue weighted by molar-refractivity contribution is 0.581. The Hall–Kier alpha value is -1.56. The summed E-state index contributed by atoms with van der Waals surface area (Å²) < 4.78 is 26.0. The van der Waals surface area contributed by atoms with Gasteiger partial charge < -0.3 is 5.32 Å². The molecule has 0 unspecified atom stereocenters. The van der Waals surface area contributed by atoms with Crippen molar-refractivity contribution in [3.05, 3.63) is 35.4 Å². The molecule has 1 aromatic carbocycles. The van der Waals surface area contributed by atoms with Crippen molar-refractivity contribution >= 4 is 23.0 Å². The molecule has 0 saturated heterocycles. The van der Waals surface area contributed by atoms with Crippen molar-refractivity contribution < 1.29 is 8.78 Å². The summed E-state index contributed by atoms with van der Waals surface area (Å²) >= 11 is 4.79. The van der Waals surface area contributed by atoms with Gasteiger partial charge in [-0.3, -0.25) is 5.43 Å². The van der Waals surface area contributed by atoms with Gasteiger partial charge >= 0.3 is 0 Å². The molecular weight excluding hydrogens is 232 g/mol. The Kier molecular flexibility index (Phi) is 4.30. The summed E-state index contributed by atoms with van der Waals surface area (Å²) in [5.41, 5.74) is 3.13. The molecule has 0 aliphatic rings. The maximum atomic E-state index is 13.3. The Morgan fingerprint density at radius 3 is 2.62 bits per heavy atom. The zero-order valence-corrected chi connectivity index (χ0v) is 9.66. The summed E-state index contributed by atoms with van der Waals surface area (Å²) in [4.78, 5) is 0. The number of rotatable bonds is 2. The molecule has 0 radical (unpaired) electrons. The summed E-state index contributed by atoms with van der Waals surface area (Å²) in [6, 6.07) is 3.31. The second kappa shape index (κ2) is 5.50. The lowest BCUT2D eigenvalue weighted by Crippen LogP contribution is -2.29. The van der Waals surface area contributed by atoms with Crippen molar-refractivity contribution in [1.82, 2.24) is 10.7 Å². The van der Waals surface area contributed by atoms with Crippen LogP contribution in [0.25, 0.3) is 0 Å². The largest absolute Gasteiger partial charge is 0.364 e. The SMILES string of the molecule is CNC(=S)N/N=C(/C)c1ccc(F)cc1F. The highest BCUT2D eigenvalue weighted by Crippen LogP contribution is 2.10. The molecule has 0 aromatic heterocycles. The van der Waals surface area contributed by atoms with E-state index in [0.717, 1.165) is 6.07 Å². The highest BCUT2D eigenvalue weighted by molar-refractivity contribution is 7.80. The van der Waals surface area contributed by atoms with Gasteiger partial charge in [-0.2, -0.15) is 5.10 Å². The number of hydrazone groups is 1. The molecule has 2 N–H and O–H groups in total. The average Bonchev–Trinajstić information content (AvgIpc) is 2.25. The Labute approximate surface area is 97.5 Å². The lowest BCUT2D eigenvalue weighted by Gasteiger charge is -2.05. The molecule has 86 valence electrons. The fourth-order valence-electron chi connectivity index (χ4n) is 1.03. The minimum absolute atomic E-state index is 0.229. The van der Waals surface area contributed by atoms with Gasteiger partial charge in [-0.25, -0.2) is 8.78 Å². The molecule has 0 heterocycles. The smallest absolute Gasteiger partial charge is 0.186 e. The monoisotopic (exact) mass is 243 g/mol. The van der Waals surface area contributed by atoms with Gasteiger partial charge in [-0.15, -0.1) is 0 Å². The highest BCUT2D eigenvalue weighted by atomic mass is 32.1. The van der Waals surface area contributed by atoms with Gasteiger partial charge in [0.2, 0.25) is 0 Å². The van der Waals surface area contributed by atoms with E-state index in [9.17, 15) is 8.78 Å². The maximum Gasteiger partial charge on any atom is 0.186 e. The zero-order valence-electron chi connectivity index (χ0n) is 8.84. The van der Waals surface area contributed by atoms with Crippen LogP contribution in [0.4, 0.5) is 8.78 Å². The van der Waals surface area contributed by atoms with E-state index in [1.54, 1.807) is 14.0 Å². The van der Waals surface area contributed by atoms with Crippen molar-refractivity contribution in [2.75, 3.05) is 7.05 Å². The fourth-order valence-corrected chi connectivity index (χ4v) is 1.08.